The van der Waals surface area contributed by atoms with Gasteiger partial charge in [0.05, 0.1) is 98.6 Å². The molecule has 32 heteroatoms. The lowest BCUT2D eigenvalue weighted by Crippen LogP contribution is -2.54. The summed E-state index contributed by atoms with van der Waals surface area (Å²) in [6.07, 6.45) is -10.4. The molecule has 10 rings (SSSR count). The summed E-state index contributed by atoms with van der Waals surface area (Å²) >= 11 is 0. The van der Waals surface area contributed by atoms with E-state index < -0.39 is 111 Å². The molecule has 5 aliphatic heterocycles. The van der Waals surface area contributed by atoms with Crippen molar-refractivity contribution in [1.29, 1.82) is 0 Å². The molecule has 8 N–H and O–H groups in total. The van der Waals surface area contributed by atoms with Gasteiger partial charge < -0.3 is 103 Å². The highest BCUT2D eigenvalue weighted by atomic mass is 16.7. The summed E-state index contributed by atoms with van der Waals surface area (Å²) in [5, 5.41) is 90.0. The van der Waals surface area contributed by atoms with E-state index in [1.807, 2.05) is 0 Å². The number of unbranched alkanes of at least 4 members (excludes halogenated alkanes) is 2. The van der Waals surface area contributed by atoms with Crippen molar-refractivity contribution in [2.24, 2.45) is 5.11 Å². The molecule has 0 aromatic heterocycles. The van der Waals surface area contributed by atoms with E-state index in [1.165, 1.54) is 72.6 Å². The van der Waals surface area contributed by atoms with Crippen LogP contribution in [0.4, 0.5) is 21.0 Å². The van der Waals surface area contributed by atoms with Gasteiger partial charge in [0.1, 0.15) is 67.1 Å². The summed E-state index contributed by atoms with van der Waals surface area (Å²) in [6.45, 7) is 5.71. The third-order valence-electron chi connectivity index (χ3n) is 18.9. The summed E-state index contributed by atoms with van der Waals surface area (Å²) < 4.78 is 63.7. The van der Waals surface area contributed by atoms with Gasteiger partial charge in [-0.05, 0) is 137 Å². The fourth-order valence-corrected chi connectivity index (χ4v) is 13.3. The maximum absolute atomic E-state index is 14.6. The van der Waals surface area contributed by atoms with Crippen LogP contribution in [-0.4, -0.2) is 233 Å². The minimum absolute atomic E-state index is 0.00685. The minimum Gasteiger partial charge on any atom is -0.493 e. The van der Waals surface area contributed by atoms with Gasteiger partial charge in [-0.15, -0.1) is 0 Å². The molecule has 0 bridgehead atoms. The predicted octanol–water partition coefficient (Wildman–Crippen LogP) is 6.18. The average Bonchev–Trinajstić information content (AvgIpc) is 1.61. The predicted molar refractivity (Wildman–Crippen MR) is 371 cm³/mol. The Labute approximate surface area is 605 Å². The van der Waals surface area contributed by atoms with Crippen molar-refractivity contribution in [3.63, 3.8) is 0 Å². The fraction of sp³-hybridized carbons (Fsp3) is 0.534. The third kappa shape index (κ3) is 18.6. The first-order chi connectivity index (χ1) is 50.5. The number of hydrogen-bond donors (Lipinski definition) is 8. The smallest absolute Gasteiger partial charge is 0.416 e. The second-order valence-corrected chi connectivity index (χ2v) is 26.5. The Morgan fingerprint density at radius 2 is 1.10 bits per heavy atom. The van der Waals surface area contributed by atoms with Crippen molar-refractivity contribution in [2.45, 2.75) is 178 Å². The number of carbonyl (C=O) groups is 6. The van der Waals surface area contributed by atoms with Crippen LogP contribution < -0.4 is 33.5 Å². The maximum Gasteiger partial charge on any atom is 0.416 e. The van der Waals surface area contributed by atoms with Crippen molar-refractivity contribution in [1.82, 2.24) is 9.80 Å². The molecule has 1 saturated heterocycles. The lowest BCUT2D eigenvalue weighted by Gasteiger charge is -2.35. The van der Waals surface area contributed by atoms with Crippen LogP contribution in [0.25, 0.3) is 10.4 Å². The number of nitrogens with zero attached hydrogens (tertiary/aromatic N) is 7. The SMILES string of the molecule is COCCCC(=O)c1cc(COC(=O)N2c3cc(OCCCCCOc4cc5c(cc4C)C(=O)N4C=C(C)C[C@H]4C(O)N5C(=O)OCc4ccc(O[C@@H]5CC[C@@H](O)[C@H](O)[C@H]5O)c(C(=O)CCCOCCOCCN=[N+]=[N-])c4)c(OC)cc3C(=O)N3C=C(C)C[C@H]3C2O)ccc1O[C@@H]1OC[C@@H](O)[C@H](O)[C@H]1O. The maximum atomic E-state index is 14.6. The monoisotopic (exact) mass is 1470 g/mol. The summed E-state index contributed by atoms with van der Waals surface area (Å²) in [5.74, 6) is -1.12. The zero-order chi connectivity index (χ0) is 75.2. The summed E-state index contributed by atoms with van der Waals surface area (Å²) in [7, 11) is 2.88. The topological polar surface area (TPSA) is 428 Å². The van der Waals surface area contributed by atoms with Crippen LogP contribution in [0.15, 0.2) is 89.3 Å². The first kappa shape index (κ1) is 78.6. The van der Waals surface area contributed by atoms with E-state index in [1.54, 1.807) is 45.3 Å². The number of anilines is 2. The van der Waals surface area contributed by atoms with E-state index in [2.05, 4.69) is 10.0 Å². The summed E-state index contributed by atoms with van der Waals surface area (Å²) in [4.78, 5) is 93.0. The van der Waals surface area contributed by atoms with E-state index >= 15 is 0 Å². The molecule has 4 aromatic carbocycles. The van der Waals surface area contributed by atoms with Gasteiger partial charge in [0.15, 0.2) is 35.5 Å². The molecule has 5 heterocycles. The molecule has 1 aliphatic carbocycles. The zero-order valence-corrected chi connectivity index (χ0v) is 59.1. The minimum atomic E-state index is -1.66. The van der Waals surface area contributed by atoms with Crippen molar-refractivity contribution < 1.29 is 122 Å². The molecule has 1 saturated carbocycles. The number of amides is 4. The number of aliphatic hydroxyl groups excluding tert-OH is 8. The van der Waals surface area contributed by atoms with Gasteiger partial charge in [0, 0.05) is 69.2 Å². The fourth-order valence-electron chi connectivity index (χ4n) is 13.3. The Hall–Kier alpha value is -8.99. The lowest BCUT2D eigenvalue weighted by atomic mass is 9.89. The van der Waals surface area contributed by atoms with E-state index in [-0.39, 0.29) is 166 Å². The second-order valence-electron chi connectivity index (χ2n) is 26.5. The van der Waals surface area contributed by atoms with Crippen LogP contribution >= 0.6 is 0 Å². The van der Waals surface area contributed by atoms with E-state index in [0.29, 0.717) is 54.5 Å². The Bertz CT molecular complexity index is 3900. The van der Waals surface area contributed by atoms with Crippen LogP contribution in [0.1, 0.15) is 143 Å². The van der Waals surface area contributed by atoms with E-state index in [0.717, 1.165) is 20.9 Å². The quantitative estimate of drug-likeness (QED) is 0.00868. The number of ketones is 2. The molecule has 4 amide bonds. The van der Waals surface area contributed by atoms with Crippen molar-refractivity contribution in [3.8, 4) is 28.7 Å². The summed E-state index contributed by atoms with van der Waals surface area (Å²) in [6, 6.07) is 13.0. The zero-order valence-electron chi connectivity index (χ0n) is 59.1. The molecule has 568 valence electrons. The average molecular weight is 1470 g/mol. The Kier molecular flexibility index (Phi) is 27.2. The first-order valence-electron chi connectivity index (χ1n) is 34.9. The molecule has 4 aromatic rings. The highest BCUT2D eigenvalue weighted by molar-refractivity contribution is 6.08. The Morgan fingerprint density at radius 1 is 0.562 bits per heavy atom. The number of carbonyl (C=O) groups excluding carboxylic acids is 6. The number of methoxy groups -OCH3 is 2. The second kappa shape index (κ2) is 36.3. The number of aryl methyl sites for hydroxylation is 1. The van der Waals surface area contributed by atoms with Gasteiger partial charge in [-0.2, -0.15) is 0 Å². The van der Waals surface area contributed by atoms with Crippen LogP contribution in [0.3, 0.4) is 0 Å². The third-order valence-corrected chi connectivity index (χ3v) is 18.9. The number of fused-ring (bicyclic) bond motifs is 4. The number of aliphatic hydroxyl groups is 8. The Morgan fingerprint density at radius 3 is 1.67 bits per heavy atom. The number of ether oxygens (including phenoxy) is 11. The molecular weight excluding hydrogens is 1370 g/mol. The molecule has 0 radical (unpaired) electrons. The summed E-state index contributed by atoms with van der Waals surface area (Å²) in [5.41, 5.74) is 11.4. The van der Waals surface area contributed by atoms with E-state index in [4.69, 9.17) is 57.6 Å². The van der Waals surface area contributed by atoms with Crippen LogP contribution in [0.5, 0.6) is 28.7 Å². The molecule has 6 aliphatic rings. The molecule has 105 heavy (non-hydrogen) atoms. The molecule has 12 atom stereocenters. The van der Waals surface area contributed by atoms with Gasteiger partial charge in [0.25, 0.3) is 11.8 Å². The van der Waals surface area contributed by atoms with Crippen molar-refractivity contribution in [3.05, 3.63) is 134 Å². The van der Waals surface area contributed by atoms with Gasteiger partial charge in [-0.3, -0.25) is 19.2 Å². The molecule has 32 nitrogen and oxygen atoms in total. The van der Waals surface area contributed by atoms with Crippen molar-refractivity contribution >= 4 is 46.9 Å². The van der Waals surface area contributed by atoms with E-state index in [9.17, 15) is 69.6 Å². The lowest BCUT2D eigenvalue weighted by molar-refractivity contribution is -0.242. The number of azide groups is 1. The first-order valence-corrected chi connectivity index (χ1v) is 34.9. The Balaban J connectivity index is 0.799. The van der Waals surface area contributed by atoms with Crippen LogP contribution in [0.2, 0.25) is 0 Å². The number of hydrogen-bond acceptors (Lipinski definition) is 26. The van der Waals surface area contributed by atoms with Gasteiger partial charge >= 0.3 is 12.2 Å². The number of Topliss-reactive ketones (excluding diaryl/α,β-unsaturated/α-hetero) is 2. The molecule has 0 spiro atoms. The highest BCUT2D eigenvalue weighted by Gasteiger charge is 2.48. The van der Waals surface area contributed by atoms with Crippen LogP contribution in [0, 0.1) is 6.92 Å². The molecule has 2 unspecified atom stereocenters. The number of benzene rings is 4. The van der Waals surface area contributed by atoms with Gasteiger partial charge in [-0.25, -0.2) is 19.4 Å². The number of rotatable bonds is 33. The largest absolute Gasteiger partial charge is 0.493 e. The van der Waals surface area contributed by atoms with Crippen molar-refractivity contribution in [2.75, 3.05) is 83.4 Å². The molecular formula is C73H91N7O25. The highest BCUT2D eigenvalue weighted by Crippen LogP contribution is 2.44. The standard InChI is InChI=1S/C73H91N7O25/c1-40-27-51-69(91)79(72(93)102-37-43-13-16-57(104-59-18-15-55(83)63(85)65(59)87)47(30-43)54(82)12-10-21-97-25-26-98-24-19-75-76-74)49-33-60(42(3)29-45(49)67(89)77(51)35-40)99-22-7-6-8-23-100-62-34-50-46(32-61(62)96-5)68(90)78-36-41(2)28-52(78)70(92)80(50)73(94)103-38-44-14-17-58(48(31-44)53(81)11-9-20-95-4)105-71-66(88)64(86)56(84)39-101-71/h13-14,16-17,29-36,51-52,55-56,59,63-66,69-71,83-88,91-92H,6-12,15,18-28,37-39H2,1-5H3/t51-,52-,55+,56+,59+,63-,64-,65-,66+,69?,70?,71-/m0/s1. The van der Waals surface area contributed by atoms with Crippen LogP contribution in [-0.2, 0) is 41.6 Å². The molecule has 2 fully saturated rings. The van der Waals surface area contributed by atoms with Gasteiger partial charge in [0.2, 0.25) is 6.29 Å². The van der Waals surface area contributed by atoms with Gasteiger partial charge in [-0.1, -0.05) is 28.4 Å². The normalized spacial score (nSPS) is 24.0.